The van der Waals surface area contributed by atoms with E-state index in [0.717, 1.165) is 0 Å². The fourth-order valence-electron chi connectivity index (χ4n) is 2.22. The quantitative estimate of drug-likeness (QED) is 0.644. The maximum atomic E-state index is 9.94. The third kappa shape index (κ3) is 2.18. The van der Waals surface area contributed by atoms with Gasteiger partial charge in [0.25, 0.3) is 5.95 Å². The van der Waals surface area contributed by atoms with E-state index >= 15 is 0 Å². The van der Waals surface area contributed by atoms with Crippen LogP contribution in [0.2, 0.25) is 0 Å². The standard InChI is InChI=1S/C16H13NO4/c1-20-11-5-2-9(3-6-11)15(17)14-12-8-10(18)4-7-13(12)21-16(14)19/h2-8,17-19H,1H3. The molecule has 3 N–H and O–H groups in total. The van der Waals surface area contributed by atoms with Crippen LogP contribution in [0.5, 0.6) is 17.4 Å². The molecule has 0 aliphatic carbocycles. The second-order valence-electron chi connectivity index (χ2n) is 4.57. The summed E-state index contributed by atoms with van der Waals surface area (Å²) in [6.45, 7) is 0. The molecule has 0 amide bonds. The van der Waals surface area contributed by atoms with Gasteiger partial charge in [-0.2, -0.15) is 0 Å². The molecular weight excluding hydrogens is 270 g/mol. The Morgan fingerprint density at radius 2 is 1.81 bits per heavy atom. The third-order valence-electron chi connectivity index (χ3n) is 3.28. The van der Waals surface area contributed by atoms with Crippen molar-refractivity contribution in [2.24, 2.45) is 0 Å². The van der Waals surface area contributed by atoms with E-state index in [1.54, 1.807) is 37.4 Å². The third-order valence-corrected chi connectivity index (χ3v) is 3.28. The van der Waals surface area contributed by atoms with E-state index in [2.05, 4.69) is 0 Å². The van der Waals surface area contributed by atoms with Gasteiger partial charge in [0.05, 0.1) is 18.4 Å². The second-order valence-corrected chi connectivity index (χ2v) is 4.57. The highest BCUT2D eigenvalue weighted by Gasteiger charge is 2.19. The van der Waals surface area contributed by atoms with Crippen molar-refractivity contribution >= 4 is 16.7 Å². The summed E-state index contributed by atoms with van der Waals surface area (Å²) in [5.41, 5.74) is 1.39. The van der Waals surface area contributed by atoms with Crippen LogP contribution in [0.25, 0.3) is 11.0 Å². The van der Waals surface area contributed by atoms with Crippen LogP contribution in [0.4, 0.5) is 0 Å². The molecule has 0 atom stereocenters. The van der Waals surface area contributed by atoms with Gasteiger partial charge in [-0.15, -0.1) is 0 Å². The number of hydrogen-bond acceptors (Lipinski definition) is 5. The predicted molar refractivity (Wildman–Crippen MR) is 78.5 cm³/mol. The molecule has 0 radical (unpaired) electrons. The van der Waals surface area contributed by atoms with Crippen LogP contribution in [-0.2, 0) is 0 Å². The van der Waals surface area contributed by atoms with Gasteiger partial charge in [0, 0.05) is 10.9 Å². The summed E-state index contributed by atoms with van der Waals surface area (Å²) in [5.74, 6) is 0.397. The van der Waals surface area contributed by atoms with Crippen LogP contribution in [0.3, 0.4) is 0 Å². The molecule has 3 aromatic rings. The predicted octanol–water partition coefficient (Wildman–Crippen LogP) is 3.27. The van der Waals surface area contributed by atoms with Crippen molar-refractivity contribution in [3.05, 3.63) is 53.6 Å². The van der Waals surface area contributed by atoms with Crippen molar-refractivity contribution in [2.45, 2.75) is 0 Å². The average Bonchev–Trinajstić information content (AvgIpc) is 2.82. The molecule has 5 nitrogen and oxygen atoms in total. The number of benzene rings is 2. The summed E-state index contributed by atoms with van der Waals surface area (Å²) in [4.78, 5) is 0. The number of aromatic hydroxyl groups is 2. The Hall–Kier alpha value is -2.95. The van der Waals surface area contributed by atoms with Gasteiger partial charge in [-0.05, 0) is 42.5 Å². The summed E-state index contributed by atoms with van der Waals surface area (Å²) < 4.78 is 10.3. The van der Waals surface area contributed by atoms with Gasteiger partial charge < -0.3 is 19.4 Å². The Labute approximate surface area is 120 Å². The number of phenols is 1. The van der Waals surface area contributed by atoms with E-state index in [1.807, 2.05) is 0 Å². The molecule has 5 heteroatoms. The zero-order chi connectivity index (χ0) is 15.0. The number of rotatable bonds is 3. The number of hydrogen-bond donors (Lipinski definition) is 3. The zero-order valence-electron chi connectivity index (χ0n) is 11.3. The lowest BCUT2D eigenvalue weighted by Gasteiger charge is -2.05. The van der Waals surface area contributed by atoms with Gasteiger partial charge in [0.15, 0.2) is 0 Å². The minimum absolute atomic E-state index is 0.0482. The number of nitrogens with one attached hydrogen (secondary N) is 1. The minimum atomic E-state index is -0.337. The second kappa shape index (κ2) is 4.86. The lowest BCUT2D eigenvalue weighted by molar-refractivity contribution is 0.345. The number of ether oxygens (including phenoxy) is 1. The maximum absolute atomic E-state index is 9.94. The van der Waals surface area contributed by atoms with Crippen LogP contribution in [0.1, 0.15) is 11.1 Å². The molecule has 21 heavy (non-hydrogen) atoms. The van der Waals surface area contributed by atoms with Gasteiger partial charge in [0.2, 0.25) is 0 Å². The molecule has 0 fully saturated rings. The van der Waals surface area contributed by atoms with Gasteiger partial charge in [-0.1, -0.05) is 0 Å². The first kappa shape index (κ1) is 13.1. The van der Waals surface area contributed by atoms with Crippen LogP contribution < -0.4 is 4.74 Å². The summed E-state index contributed by atoms with van der Waals surface area (Å²) in [5, 5.41) is 28.3. The van der Waals surface area contributed by atoms with Crippen molar-refractivity contribution in [2.75, 3.05) is 7.11 Å². The SMILES string of the molecule is COc1ccc(C(=N)c2c(O)oc3ccc(O)cc23)cc1. The first-order valence-electron chi connectivity index (χ1n) is 6.28. The molecule has 1 heterocycles. The van der Waals surface area contributed by atoms with Crippen molar-refractivity contribution in [3.8, 4) is 17.4 Å². The van der Waals surface area contributed by atoms with Crippen LogP contribution in [0, 0.1) is 5.41 Å². The van der Waals surface area contributed by atoms with E-state index in [0.29, 0.717) is 22.3 Å². The summed E-state index contributed by atoms with van der Waals surface area (Å²) in [7, 11) is 1.57. The minimum Gasteiger partial charge on any atom is -0.508 e. The molecule has 1 aromatic heterocycles. The molecule has 0 unspecified atom stereocenters. The van der Waals surface area contributed by atoms with Crippen molar-refractivity contribution in [3.63, 3.8) is 0 Å². The van der Waals surface area contributed by atoms with E-state index in [-0.39, 0.29) is 23.0 Å². The average molecular weight is 283 g/mol. The van der Waals surface area contributed by atoms with E-state index in [9.17, 15) is 10.2 Å². The molecular formula is C16H13NO4. The van der Waals surface area contributed by atoms with E-state index < -0.39 is 0 Å². The molecule has 0 spiro atoms. The summed E-state index contributed by atoms with van der Waals surface area (Å²) >= 11 is 0. The topological polar surface area (TPSA) is 86.7 Å². The monoisotopic (exact) mass is 283 g/mol. The highest BCUT2D eigenvalue weighted by molar-refractivity contribution is 6.19. The lowest BCUT2D eigenvalue weighted by atomic mass is 10.0. The van der Waals surface area contributed by atoms with Crippen molar-refractivity contribution < 1.29 is 19.4 Å². The van der Waals surface area contributed by atoms with Crippen LogP contribution in [0.15, 0.2) is 46.9 Å². The van der Waals surface area contributed by atoms with Crippen molar-refractivity contribution in [1.29, 1.82) is 5.41 Å². The summed E-state index contributed by atoms with van der Waals surface area (Å²) in [6.07, 6.45) is 0. The Morgan fingerprint density at radius 1 is 1.10 bits per heavy atom. The number of methoxy groups -OCH3 is 1. The molecule has 0 bridgehead atoms. The Kier molecular flexibility index (Phi) is 3.02. The van der Waals surface area contributed by atoms with Crippen LogP contribution in [-0.4, -0.2) is 23.0 Å². The maximum Gasteiger partial charge on any atom is 0.292 e. The Morgan fingerprint density at radius 3 is 2.48 bits per heavy atom. The normalized spacial score (nSPS) is 10.7. The Balaban J connectivity index is 2.12. The Bertz CT molecular complexity index is 818. The smallest absolute Gasteiger partial charge is 0.292 e. The zero-order valence-corrected chi connectivity index (χ0v) is 11.3. The summed E-state index contributed by atoms with van der Waals surface area (Å²) in [6, 6.07) is 11.4. The largest absolute Gasteiger partial charge is 0.508 e. The molecule has 0 saturated carbocycles. The van der Waals surface area contributed by atoms with Gasteiger partial charge in [-0.25, -0.2) is 0 Å². The lowest BCUT2D eigenvalue weighted by Crippen LogP contribution is -2.00. The highest BCUT2D eigenvalue weighted by Crippen LogP contribution is 2.34. The molecule has 3 rings (SSSR count). The molecule has 106 valence electrons. The van der Waals surface area contributed by atoms with Gasteiger partial charge in [-0.3, -0.25) is 5.41 Å². The molecule has 0 aliphatic rings. The van der Waals surface area contributed by atoms with Gasteiger partial charge >= 0.3 is 0 Å². The molecule has 2 aromatic carbocycles. The van der Waals surface area contributed by atoms with Crippen LogP contribution >= 0.6 is 0 Å². The van der Waals surface area contributed by atoms with Crippen molar-refractivity contribution in [1.82, 2.24) is 0 Å². The number of phenolic OH excluding ortho intramolecular Hbond substituents is 1. The van der Waals surface area contributed by atoms with Gasteiger partial charge in [0.1, 0.15) is 17.1 Å². The van der Waals surface area contributed by atoms with E-state index in [1.165, 1.54) is 12.1 Å². The number of fused-ring (bicyclic) bond motifs is 1. The molecule has 0 saturated heterocycles. The first-order valence-corrected chi connectivity index (χ1v) is 6.28. The number of furan rings is 1. The highest BCUT2D eigenvalue weighted by atomic mass is 16.5. The fraction of sp³-hybridized carbons (Fsp3) is 0.0625. The molecule has 0 aliphatic heterocycles. The first-order chi connectivity index (χ1) is 10.1. The van der Waals surface area contributed by atoms with E-state index in [4.69, 9.17) is 14.6 Å². The fourth-order valence-corrected chi connectivity index (χ4v) is 2.22.